The van der Waals surface area contributed by atoms with E-state index in [0.717, 1.165) is 17.9 Å². The molecule has 0 radical (unpaired) electrons. The molecule has 2 unspecified atom stereocenters. The zero-order valence-electron chi connectivity index (χ0n) is 12.0. The highest BCUT2D eigenvalue weighted by Gasteiger charge is 2.31. The van der Waals surface area contributed by atoms with Gasteiger partial charge in [0, 0.05) is 19.1 Å². The summed E-state index contributed by atoms with van der Waals surface area (Å²) in [6.45, 7) is 7.41. The van der Waals surface area contributed by atoms with Gasteiger partial charge in [-0.05, 0) is 56.7 Å². The molecule has 2 fully saturated rings. The Morgan fingerprint density at radius 1 is 1.16 bits per heavy atom. The van der Waals surface area contributed by atoms with Crippen LogP contribution in [-0.4, -0.2) is 37.1 Å². The molecule has 0 bridgehead atoms. The van der Waals surface area contributed by atoms with Gasteiger partial charge in [-0.15, -0.1) is 0 Å². The third-order valence-electron chi connectivity index (χ3n) is 4.93. The van der Waals surface area contributed by atoms with Gasteiger partial charge in [-0.25, -0.2) is 0 Å². The maximum Gasteiger partial charge on any atom is 0.00735 e. The van der Waals surface area contributed by atoms with Gasteiger partial charge in [0.15, 0.2) is 0 Å². The average Bonchev–Trinajstić information content (AvgIpc) is 2.82. The molecule has 2 saturated heterocycles. The number of hydrogen-bond acceptors (Lipinski definition) is 2. The molecule has 0 spiro atoms. The van der Waals surface area contributed by atoms with E-state index in [1.807, 2.05) is 0 Å². The third-order valence-corrected chi connectivity index (χ3v) is 4.93. The van der Waals surface area contributed by atoms with Crippen molar-refractivity contribution in [2.75, 3.05) is 26.2 Å². The van der Waals surface area contributed by atoms with Crippen LogP contribution in [0.4, 0.5) is 0 Å². The van der Waals surface area contributed by atoms with Gasteiger partial charge in [-0.3, -0.25) is 4.90 Å². The van der Waals surface area contributed by atoms with Crippen LogP contribution in [0.1, 0.15) is 37.7 Å². The first-order chi connectivity index (χ1) is 9.33. The van der Waals surface area contributed by atoms with Crippen molar-refractivity contribution in [3.63, 3.8) is 0 Å². The molecular weight excluding hydrogens is 232 g/mol. The Kier molecular flexibility index (Phi) is 4.19. The number of nitrogens with one attached hydrogen (secondary N) is 1. The lowest BCUT2D eigenvalue weighted by atomic mass is 9.97. The number of rotatable bonds is 3. The molecule has 1 N–H and O–H groups in total. The van der Waals surface area contributed by atoms with Crippen LogP contribution in [0.25, 0.3) is 0 Å². The fourth-order valence-corrected chi connectivity index (χ4v) is 3.72. The van der Waals surface area contributed by atoms with Crippen LogP contribution >= 0.6 is 0 Å². The Bertz CT molecular complexity index is 384. The normalized spacial score (nSPS) is 29.7. The number of nitrogens with zero attached hydrogens (tertiary/aromatic N) is 1. The van der Waals surface area contributed by atoms with Crippen molar-refractivity contribution in [2.24, 2.45) is 5.92 Å². The summed E-state index contributed by atoms with van der Waals surface area (Å²) in [5, 5.41) is 3.47. The second kappa shape index (κ2) is 6.06. The van der Waals surface area contributed by atoms with E-state index in [1.165, 1.54) is 51.0 Å². The summed E-state index contributed by atoms with van der Waals surface area (Å²) in [5.41, 5.74) is 1.53. The highest BCUT2D eigenvalue weighted by molar-refractivity contribution is 5.21. The van der Waals surface area contributed by atoms with Crippen molar-refractivity contribution >= 4 is 0 Å². The molecule has 3 rings (SSSR count). The largest absolute Gasteiger partial charge is 0.317 e. The van der Waals surface area contributed by atoms with E-state index in [4.69, 9.17) is 0 Å². The highest BCUT2D eigenvalue weighted by Crippen LogP contribution is 2.32. The van der Waals surface area contributed by atoms with E-state index >= 15 is 0 Å². The van der Waals surface area contributed by atoms with Crippen LogP contribution in [0.3, 0.4) is 0 Å². The summed E-state index contributed by atoms with van der Waals surface area (Å²) < 4.78 is 0. The summed E-state index contributed by atoms with van der Waals surface area (Å²) in [6.07, 6.45) is 4.05. The van der Waals surface area contributed by atoms with E-state index < -0.39 is 0 Å². The number of hydrogen-bond donors (Lipinski definition) is 1. The molecule has 2 heterocycles. The van der Waals surface area contributed by atoms with Gasteiger partial charge >= 0.3 is 0 Å². The van der Waals surface area contributed by atoms with Crippen molar-refractivity contribution in [2.45, 2.75) is 38.1 Å². The zero-order valence-corrected chi connectivity index (χ0v) is 12.0. The first kappa shape index (κ1) is 13.1. The third kappa shape index (κ3) is 3.18. The van der Waals surface area contributed by atoms with Gasteiger partial charge in [0.25, 0.3) is 0 Å². The van der Waals surface area contributed by atoms with Crippen LogP contribution in [0, 0.1) is 5.92 Å². The fourth-order valence-electron chi connectivity index (χ4n) is 3.72. The van der Waals surface area contributed by atoms with Crippen molar-refractivity contribution in [1.82, 2.24) is 10.2 Å². The lowest BCUT2D eigenvalue weighted by Gasteiger charge is -2.29. The minimum absolute atomic E-state index is 0.748. The SMILES string of the molecule is CC1CC(c2ccccc2)CN1CC1CCNCC1. The molecule has 0 aromatic heterocycles. The van der Waals surface area contributed by atoms with Crippen molar-refractivity contribution in [1.29, 1.82) is 0 Å². The molecule has 0 saturated carbocycles. The monoisotopic (exact) mass is 258 g/mol. The van der Waals surface area contributed by atoms with Crippen molar-refractivity contribution < 1.29 is 0 Å². The van der Waals surface area contributed by atoms with Gasteiger partial charge in [0.05, 0.1) is 0 Å². The smallest absolute Gasteiger partial charge is 0.00735 e. The van der Waals surface area contributed by atoms with Crippen LogP contribution in [0.15, 0.2) is 30.3 Å². The molecule has 2 aliphatic rings. The Balaban J connectivity index is 1.59. The Morgan fingerprint density at radius 3 is 2.63 bits per heavy atom. The summed E-state index contributed by atoms with van der Waals surface area (Å²) >= 11 is 0. The Labute approximate surface area is 117 Å². The topological polar surface area (TPSA) is 15.3 Å². The maximum absolute atomic E-state index is 3.47. The first-order valence-corrected chi connectivity index (χ1v) is 7.82. The molecule has 2 nitrogen and oxygen atoms in total. The molecule has 104 valence electrons. The van der Waals surface area contributed by atoms with Gasteiger partial charge in [0.2, 0.25) is 0 Å². The minimum atomic E-state index is 0.748. The lowest BCUT2D eigenvalue weighted by molar-refractivity contribution is 0.200. The van der Waals surface area contributed by atoms with Gasteiger partial charge in [-0.1, -0.05) is 30.3 Å². The summed E-state index contributed by atoms with van der Waals surface area (Å²) in [7, 11) is 0. The minimum Gasteiger partial charge on any atom is -0.317 e. The molecule has 19 heavy (non-hydrogen) atoms. The number of piperidine rings is 1. The highest BCUT2D eigenvalue weighted by atomic mass is 15.2. The average molecular weight is 258 g/mol. The molecule has 2 aliphatic heterocycles. The van der Waals surface area contributed by atoms with Gasteiger partial charge in [0.1, 0.15) is 0 Å². The van der Waals surface area contributed by atoms with Crippen molar-refractivity contribution in [3.05, 3.63) is 35.9 Å². The molecule has 2 atom stereocenters. The van der Waals surface area contributed by atoms with E-state index in [0.29, 0.717) is 0 Å². The van der Waals surface area contributed by atoms with Crippen LogP contribution < -0.4 is 5.32 Å². The predicted octanol–water partition coefficient (Wildman–Crippen LogP) is 2.86. The maximum atomic E-state index is 3.47. The zero-order chi connectivity index (χ0) is 13.1. The molecule has 0 aliphatic carbocycles. The fraction of sp³-hybridized carbons (Fsp3) is 0.647. The number of likely N-dealkylation sites (tertiary alicyclic amines) is 1. The number of benzene rings is 1. The van der Waals surface area contributed by atoms with E-state index in [1.54, 1.807) is 0 Å². The molecule has 1 aromatic rings. The van der Waals surface area contributed by atoms with E-state index in [9.17, 15) is 0 Å². The van der Waals surface area contributed by atoms with Gasteiger partial charge < -0.3 is 5.32 Å². The molecule has 2 heteroatoms. The Morgan fingerprint density at radius 2 is 1.89 bits per heavy atom. The van der Waals surface area contributed by atoms with Crippen LogP contribution in [0.5, 0.6) is 0 Å². The first-order valence-electron chi connectivity index (χ1n) is 7.82. The Hall–Kier alpha value is -0.860. The molecule has 1 aromatic carbocycles. The molecule has 0 amide bonds. The lowest BCUT2D eigenvalue weighted by Crippen LogP contribution is -2.37. The standard InChI is InChI=1S/C17H26N2/c1-14-11-17(16-5-3-2-4-6-16)13-19(14)12-15-7-9-18-10-8-15/h2-6,14-15,17-18H,7-13H2,1H3. The second-order valence-electron chi connectivity index (χ2n) is 6.34. The molecular formula is C17H26N2. The van der Waals surface area contributed by atoms with E-state index in [2.05, 4.69) is 47.5 Å². The van der Waals surface area contributed by atoms with Crippen LogP contribution in [-0.2, 0) is 0 Å². The van der Waals surface area contributed by atoms with Gasteiger partial charge in [-0.2, -0.15) is 0 Å². The second-order valence-corrected chi connectivity index (χ2v) is 6.34. The summed E-state index contributed by atoms with van der Waals surface area (Å²) in [4.78, 5) is 2.73. The quantitative estimate of drug-likeness (QED) is 0.897. The van der Waals surface area contributed by atoms with Crippen LogP contribution in [0.2, 0.25) is 0 Å². The summed E-state index contributed by atoms with van der Waals surface area (Å²) in [5.74, 6) is 1.66. The summed E-state index contributed by atoms with van der Waals surface area (Å²) in [6, 6.07) is 11.8. The predicted molar refractivity (Wildman–Crippen MR) is 80.4 cm³/mol. The van der Waals surface area contributed by atoms with Crippen molar-refractivity contribution in [3.8, 4) is 0 Å². The van der Waals surface area contributed by atoms with E-state index in [-0.39, 0.29) is 0 Å².